The van der Waals surface area contributed by atoms with E-state index >= 15 is 0 Å². The fraction of sp³-hybridized carbons (Fsp3) is 0.423. The van der Waals surface area contributed by atoms with Gasteiger partial charge in [0.05, 0.1) is 0 Å². The van der Waals surface area contributed by atoms with Gasteiger partial charge in [0.2, 0.25) is 11.8 Å². The fourth-order valence-corrected chi connectivity index (χ4v) is 5.27. The van der Waals surface area contributed by atoms with Crippen molar-refractivity contribution in [2.75, 3.05) is 5.32 Å². The van der Waals surface area contributed by atoms with Crippen molar-refractivity contribution in [3.63, 3.8) is 0 Å². The Balaban J connectivity index is 1.25. The quantitative estimate of drug-likeness (QED) is 0.594. The Morgan fingerprint density at radius 2 is 1.73 bits per heavy atom. The Hall–Kier alpha value is -3.19. The average Bonchev–Trinajstić information content (AvgIpc) is 3.14. The summed E-state index contributed by atoms with van der Waals surface area (Å²) in [5.41, 5.74) is 3.86. The first kappa shape index (κ1) is 21.6. The third kappa shape index (κ3) is 4.64. The van der Waals surface area contributed by atoms with Crippen LogP contribution in [0.25, 0.3) is 0 Å². The van der Waals surface area contributed by atoms with Crippen molar-refractivity contribution in [3.05, 3.63) is 65.2 Å². The summed E-state index contributed by atoms with van der Waals surface area (Å²) < 4.78 is 0. The molecule has 0 bridgehead atoms. The topological polar surface area (TPSA) is 90.5 Å². The summed E-state index contributed by atoms with van der Waals surface area (Å²) in [6, 6.07) is 16.5. The molecule has 33 heavy (non-hydrogen) atoms. The Kier molecular flexibility index (Phi) is 6.13. The molecule has 3 aliphatic rings. The first-order valence-electron chi connectivity index (χ1n) is 11.9. The van der Waals surface area contributed by atoms with E-state index in [2.05, 4.69) is 40.2 Å². The molecule has 3 N–H and O–H groups in total. The zero-order valence-corrected chi connectivity index (χ0v) is 18.7. The molecule has 7 heteroatoms. The zero-order valence-electron chi connectivity index (χ0n) is 18.7. The predicted octanol–water partition coefficient (Wildman–Crippen LogP) is 2.96. The molecule has 2 aliphatic heterocycles. The van der Waals surface area contributed by atoms with Gasteiger partial charge in [-0.2, -0.15) is 0 Å². The van der Waals surface area contributed by atoms with E-state index in [9.17, 15) is 14.4 Å². The van der Waals surface area contributed by atoms with Gasteiger partial charge in [0.1, 0.15) is 6.04 Å². The van der Waals surface area contributed by atoms with Gasteiger partial charge >= 0.3 is 0 Å². The predicted molar refractivity (Wildman–Crippen MR) is 125 cm³/mol. The number of carbonyl (C=O) groups excluding carboxylic acids is 3. The second-order valence-electron chi connectivity index (χ2n) is 9.28. The number of nitrogens with one attached hydrogen (secondary N) is 3. The van der Waals surface area contributed by atoms with Gasteiger partial charge in [0, 0.05) is 42.8 Å². The smallest absolute Gasteiger partial charge is 0.255 e. The first-order valence-corrected chi connectivity index (χ1v) is 11.9. The number of rotatable bonds is 6. The maximum absolute atomic E-state index is 12.9. The van der Waals surface area contributed by atoms with Crippen LogP contribution in [0.1, 0.15) is 60.0 Å². The van der Waals surface area contributed by atoms with Crippen LogP contribution in [-0.4, -0.2) is 40.7 Å². The molecule has 172 valence electrons. The van der Waals surface area contributed by atoms with Crippen LogP contribution < -0.4 is 16.0 Å². The van der Waals surface area contributed by atoms with Crippen molar-refractivity contribution < 1.29 is 14.4 Å². The molecule has 1 aliphatic carbocycles. The van der Waals surface area contributed by atoms with E-state index in [1.165, 1.54) is 18.4 Å². The summed E-state index contributed by atoms with van der Waals surface area (Å²) in [6.07, 6.45) is 5.31. The summed E-state index contributed by atoms with van der Waals surface area (Å²) in [5, 5.41) is 9.79. The van der Waals surface area contributed by atoms with Gasteiger partial charge in [-0.15, -0.1) is 0 Å². The molecule has 2 heterocycles. The third-order valence-electron chi connectivity index (χ3n) is 7.05. The number of hydrogen-bond acceptors (Lipinski definition) is 5. The van der Waals surface area contributed by atoms with E-state index < -0.39 is 6.04 Å². The molecule has 3 amide bonds. The SMILES string of the molecule is O=C1CCC(N2Cc3cc(NC4CCCCC4NCc4ccccc4)ccc3C2=O)C(=O)N1. The molecule has 0 aromatic heterocycles. The lowest BCUT2D eigenvalue weighted by atomic mass is 9.89. The highest BCUT2D eigenvalue weighted by Gasteiger charge is 2.39. The molecular weight excluding hydrogens is 416 g/mol. The summed E-state index contributed by atoms with van der Waals surface area (Å²) in [4.78, 5) is 38.3. The Bertz CT molecular complexity index is 1050. The minimum absolute atomic E-state index is 0.133. The summed E-state index contributed by atoms with van der Waals surface area (Å²) in [7, 11) is 0. The number of carbonyl (C=O) groups is 3. The number of hydrogen-bond donors (Lipinski definition) is 3. The van der Waals surface area contributed by atoms with Crippen LogP contribution in [0.3, 0.4) is 0 Å². The van der Waals surface area contributed by atoms with Gasteiger partial charge in [-0.1, -0.05) is 43.2 Å². The second-order valence-corrected chi connectivity index (χ2v) is 9.28. The highest BCUT2D eigenvalue weighted by Crippen LogP contribution is 2.31. The highest BCUT2D eigenvalue weighted by atomic mass is 16.2. The summed E-state index contributed by atoms with van der Waals surface area (Å²) >= 11 is 0. The first-order chi connectivity index (χ1) is 16.1. The number of imide groups is 1. The molecule has 2 aromatic carbocycles. The van der Waals surface area contributed by atoms with Crippen LogP contribution in [0.2, 0.25) is 0 Å². The lowest BCUT2D eigenvalue weighted by Crippen LogP contribution is -2.52. The van der Waals surface area contributed by atoms with Crippen molar-refractivity contribution in [1.82, 2.24) is 15.5 Å². The minimum atomic E-state index is -0.580. The van der Waals surface area contributed by atoms with E-state index in [0.717, 1.165) is 30.6 Å². The Morgan fingerprint density at radius 3 is 2.52 bits per heavy atom. The van der Waals surface area contributed by atoms with Gasteiger partial charge in [-0.05, 0) is 48.6 Å². The standard InChI is InChI=1S/C26H30N4O3/c31-24-13-12-23(25(32)29-24)30-16-18-14-19(10-11-20(18)26(30)33)28-22-9-5-4-8-21(22)27-15-17-6-2-1-3-7-17/h1-3,6-7,10-11,14,21-23,27-28H,4-5,8-9,12-13,15-16H2,(H,29,31,32). The largest absolute Gasteiger partial charge is 0.381 e. The lowest BCUT2D eigenvalue weighted by molar-refractivity contribution is -0.136. The maximum atomic E-state index is 12.9. The van der Waals surface area contributed by atoms with Crippen molar-refractivity contribution in [1.29, 1.82) is 0 Å². The number of nitrogens with zero attached hydrogens (tertiary/aromatic N) is 1. The second kappa shape index (κ2) is 9.35. The number of fused-ring (bicyclic) bond motifs is 1. The molecule has 1 saturated heterocycles. The third-order valence-corrected chi connectivity index (χ3v) is 7.05. The molecule has 3 atom stereocenters. The Labute approximate surface area is 193 Å². The van der Waals surface area contributed by atoms with Crippen molar-refractivity contribution in [2.24, 2.45) is 0 Å². The zero-order chi connectivity index (χ0) is 22.8. The van der Waals surface area contributed by atoms with Gasteiger partial charge in [0.25, 0.3) is 5.91 Å². The van der Waals surface area contributed by atoms with Crippen LogP contribution in [0.15, 0.2) is 48.5 Å². The van der Waals surface area contributed by atoms with Gasteiger partial charge in [-0.3, -0.25) is 19.7 Å². The van der Waals surface area contributed by atoms with Crippen LogP contribution in [0.4, 0.5) is 5.69 Å². The molecule has 0 spiro atoms. The minimum Gasteiger partial charge on any atom is -0.381 e. The van der Waals surface area contributed by atoms with E-state index in [0.29, 0.717) is 30.6 Å². The van der Waals surface area contributed by atoms with Crippen LogP contribution in [0.5, 0.6) is 0 Å². The van der Waals surface area contributed by atoms with E-state index in [1.54, 1.807) is 4.90 Å². The van der Waals surface area contributed by atoms with E-state index in [-0.39, 0.29) is 24.1 Å². The summed E-state index contributed by atoms with van der Waals surface area (Å²) in [5.74, 6) is -0.777. The van der Waals surface area contributed by atoms with Crippen molar-refractivity contribution >= 4 is 23.4 Å². The molecule has 5 rings (SSSR count). The molecule has 1 saturated carbocycles. The Morgan fingerprint density at radius 1 is 0.939 bits per heavy atom. The van der Waals surface area contributed by atoms with Crippen molar-refractivity contribution in [2.45, 2.75) is 69.7 Å². The molecule has 2 fully saturated rings. The average molecular weight is 447 g/mol. The molecule has 0 radical (unpaired) electrons. The van der Waals surface area contributed by atoms with Crippen LogP contribution in [-0.2, 0) is 22.7 Å². The number of anilines is 1. The highest BCUT2D eigenvalue weighted by molar-refractivity contribution is 6.05. The molecule has 7 nitrogen and oxygen atoms in total. The van der Waals surface area contributed by atoms with E-state index in [1.807, 2.05) is 24.3 Å². The number of benzene rings is 2. The van der Waals surface area contributed by atoms with Crippen molar-refractivity contribution in [3.8, 4) is 0 Å². The maximum Gasteiger partial charge on any atom is 0.255 e. The molecular formula is C26H30N4O3. The lowest BCUT2D eigenvalue weighted by Gasteiger charge is -2.34. The van der Waals surface area contributed by atoms with Crippen LogP contribution >= 0.6 is 0 Å². The number of amides is 3. The number of piperidine rings is 1. The van der Waals surface area contributed by atoms with Crippen LogP contribution in [0, 0.1) is 0 Å². The van der Waals surface area contributed by atoms with Gasteiger partial charge < -0.3 is 15.5 Å². The fourth-order valence-electron chi connectivity index (χ4n) is 5.27. The van der Waals surface area contributed by atoms with Gasteiger partial charge in [-0.25, -0.2) is 0 Å². The van der Waals surface area contributed by atoms with Gasteiger partial charge in [0.15, 0.2) is 0 Å². The monoisotopic (exact) mass is 446 g/mol. The molecule has 3 unspecified atom stereocenters. The summed E-state index contributed by atoms with van der Waals surface area (Å²) in [6.45, 7) is 1.25. The van der Waals surface area contributed by atoms with E-state index in [4.69, 9.17) is 0 Å². The molecule has 2 aromatic rings. The normalized spacial score (nSPS) is 25.0.